The lowest BCUT2D eigenvalue weighted by Gasteiger charge is -2.39. The standard InChI is InChI=1S/C24H32N2O4S/c1-18-5-3-7-21(15-18)24(28)10-13-25(14-11-24)17-23(27)20-8-9-22-19(16-20)6-4-12-26(22)31(2,29)30/h3,5,7-9,15-16,23,27-28H,4,6,10-14,17H2,1-2H3/t23-/m0/s1. The monoisotopic (exact) mass is 444 g/mol. The lowest BCUT2D eigenvalue weighted by molar-refractivity contribution is -0.0345. The molecule has 2 aromatic rings. The number of aliphatic hydroxyl groups is 2. The lowest BCUT2D eigenvalue weighted by Crippen LogP contribution is -2.44. The Morgan fingerprint density at radius 3 is 2.52 bits per heavy atom. The normalized spacial score (nSPS) is 20.3. The number of nitrogens with zero attached hydrogens (tertiary/aromatic N) is 2. The number of piperidine rings is 1. The molecule has 1 atom stereocenters. The van der Waals surface area contributed by atoms with Gasteiger partial charge in [-0.1, -0.05) is 42.0 Å². The molecule has 0 unspecified atom stereocenters. The second-order valence-electron chi connectivity index (χ2n) is 9.04. The Hall–Kier alpha value is -1.93. The summed E-state index contributed by atoms with van der Waals surface area (Å²) in [4.78, 5) is 2.19. The number of likely N-dealkylation sites (tertiary alicyclic amines) is 1. The summed E-state index contributed by atoms with van der Waals surface area (Å²) in [6, 6.07) is 13.7. The minimum atomic E-state index is -3.29. The Bertz CT molecular complexity index is 1050. The van der Waals surface area contributed by atoms with Crippen LogP contribution < -0.4 is 4.31 Å². The number of hydrogen-bond acceptors (Lipinski definition) is 5. The molecule has 31 heavy (non-hydrogen) atoms. The van der Waals surface area contributed by atoms with Crippen molar-refractivity contribution in [1.82, 2.24) is 4.90 Å². The van der Waals surface area contributed by atoms with E-state index in [4.69, 9.17) is 0 Å². The smallest absolute Gasteiger partial charge is 0.232 e. The van der Waals surface area contributed by atoms with Crippen LogP contribution >= 0.6 is 0 Å². The maximum atomic E-state index is 12.1. The van der Waals surface area contributed by atoms with Crippen molar-refractivity contribution >= 4 is 15.7 Å². The third-order valence-corrected chi connectivity index (χ3v) is 7.81. The van der Waals surface area contributed by atoms with Gasteiger partial charge in [-0.2, -0.15) is 0 Å². The minimum Gasteiger partial charge on any atom is -0.387 e. The zero-order chi connectivity index (χ0) is 22.2. The molecule has 2 aliphatic rings. The highest BCUT2D eigenvalue weighted by molar-refractivity contribution is 7.92. The zero-order valence-corrected chi connectivity index (χ0v) is 19.1. The highest BCUT2D eigenvalue weighted by Crippen LogP contribution is 2.35. The predicted octanol–water partition coefficient (Wildman–Crippen LogP) is 2.72. The van der Waals surface area contributed by atoms with Gasteiger partial charge in [0.15, 0.2) is 0 Å². The molecule has 0 amide bonds. The molecule has 1 fully saturated rings. The molecule has 2 heterocycles. The first kappa shape index (κ1) is 22.3. The molecule has 0 aliphatic carbocycles. The van der Waals surface area contributed by atoms with E-state index in [2.05, 4.69) is 11.0 Å². The largest absolute Gasteiger partial charge is 0.387 e. The fourth-order valence-corrected chi connectivity index (χ4v) is 5.81. The number of sulfonamides is 1. The molecule has 168 valence electrons. The summed E-state index contributed by atoms with van der Waals surface area (Å²) in [7, 11) is -3.29. The molecule has 0 saturated carbocycles. The quantitative estimate of drug-likeness (QED) is 0.741. The van der Waals surface area contributed by atoms with E-state index in [0.29, 0.717) is 39.0 Å². The maximum absolute atomic E-state index is 12.1. The number of β-amino-alcohol motifs (C(OH)–C–C–N with tert-alkyl or cyclic N) is 1. The van der Waals surface area contributed by atoms with Gasteiger partial charge >= 0.3 is 0 Å². The minimum absolute atomic E-state index is 0.498. The molecular formula is C24H32N2O4S. The Balaban J connectivity index is 1.41. The molecule has 1 saturated heterocycles. The van der Waals surface area contributed by atoms with Crippen molar-refractivity contribution in [1.29, 1.82) is 0 Å². The highest BCUT2D eigenvalue weighted by atomic mass is 32.2. The Labute approximate surface area is 185 Å². The number of anilines is 1. The average molecular weight is 445 g/mol. The molecule has 2 N–H and O–H groups in total. The second kappa shape index (κ2) is 8.54. The average Bonchev–Trinajstić information content (AvgIpc) is 2.74. The lowest BCUT2D eigenvalue weighted by atomic mass is 9.83. The van der Waals surface area contributed by atoms with Gasteiger partial charge < -0.3 is 15.1 Å². The van der Waals surface area contributed by atoms with Crippen LogP contribution in [0.25, 0.3) is 0 Å². The van der Waals surface area contributed by atoms with E-state index < -0.39 is 21.7 Å². The van der Waals surface area contributed by atoms with Crippen LogP contribution in [0, 0.1) is 6.92 Å². The van der Waals surface area contributed by atoms with Crippen LogP contribution in [0.2, 0.25) is 0 Å². The first-order valence-corrected chi connectivity index (χ1v) is 12.8. The number of aliphatic hydroxyl groups excluding tert-OH is 1. The number of hydrogen-bond donors (Lipinski definition) is 2. The zero-order valence-electron chi connectivity index (χ0n) is 18.3. The van der Waals surface area contributed by atoms with Gasteiger partial charge in [0.1, 0.15) is 0 Å². The van der Waals surface area contributed by atoms with Crippen LogP contribution in [0.5, 0.6) is 0 Å². The summed E-state index contributed by atoms with van der Waals surface area (Å²) in [6.07, 6.45) is 3.45. The molecule has 0 spiro atoms. The van der Waals surface area contributed by atoms with Crippen molar-refractivity contribution in [2.75, 3.05) is 36.7 Å². The van der Waals surface area contributed by atoms with Gasteiger partial charge in [-0.25, -0.2) is 8.42 Å². The van der Waals surface area contributed by atoms with Crippen LogP contribution in [0.4, 0.5) is 5.69 Å². The van der Waals surface area contributed by atoms with E-state index in [1.165, 1.54) is 10.6 Å². The molecule has 2 aliphatic heterocycles. The molecule has 0 bridgehead atoms. The van der Waals surface area contributed by atoms with Crippen LogP contribution in [0.15, 0.2) is 42.5 Å². The van der Waals surface area contributed by atoms with Crippen molar-refractivity contribution in [3.05, 3.63) is 64.7 Å². The summed E-state index contributed by atoms with van der Waals surface area (Å²) < 4.78 is 25.6. The third kappa shape index (κ3) is 4.80. The number of rotatable bonds is 5. The molecule has 6 nitrogen and oxygen atoms in total. The van der Waals surface area contributed by atoms with Gasteiger partial charge in [-0.3, -0.25) is 4.31 Å². The Kier molecular flexibility index (Phi) is 6.14. The summed E-state index contributed by atoms with van der Waals surface area (Å²) >= 11 is 0. The van der Waals surface area contributed by atoms with E-state index in [-0.39, 0.29) is 0 Å². The van der Waals surface area contributed by atoms with Crippen molar-refractivity contribution in [2.45, 2.75) is 44.3 Å². The van der Waals surface area contributed by atoms with E-state index in [9.17, 15) is 18.6 Å². The summed E-state index contributed by atoms with van der Waals surface area (Å²) in [6.45, 7) is 4.47. The van der Waals surface area contributed by atoms with Crippen molar-refractivity contribution in [3.8, 4) is 0 Å². The molecule has 0 aromatic heterocycles. The van der Waals surface area contributed by atoms with Crippen LogP contribution in [-0.4, -0.2) is 56.0 Å². The van der Waals surface area contributed by atoms with E-state index in [0.717, 1.165) is 40.8 Å². The summed E-state index contributed by atoms with van der Waals surface area (Å²) in [5.41, 5.74) is 3.82. The fourth-order valence-electron chi connectivity index (χ4n) is 4.81. The van der Waals surface area contributed by atoms with Crippen molar-refractivity contribution < 1.29 is 18.6 Å². The molecule has 4 rings (SSSR count). The number of aryl methyl sites for hydroxylation is 2. The van der Waals surface area contributed by atoms with Gasteiger partial charge in [-0.05, 0) is 55.4 Å². The van der Waals surface area contributed by atoms with Gasteiger partial charge in [0.25, 0.3) is 0 Å². The van der Waals surface area contributed by atoms with Crippen LogP contribution in [0.3, 0.4) is 0 Å². The number of benzene rings is 2. The van der Waals surface area contributed by atoms with Gasteiger partial charge in [0.2, 0.25) is 10.0 Å². The molecule has 2 aromatic carbocycles. The van der Waals surface area contributed by atoms with E-state index in [1.54, 1.807) is 0 Å². The van der Waals surface area contributed by atoms with Crippen LogP contribution in [-0.2, 0) is 22.0 Å². The predicted molar refractivity (Wildman–Crippen MR) is 123 cm³/mol. The van der Waals surface area contributed by atoms with Crippen molar-refractivity contribution in [3.63, 3.8) is 0 Å². The number of fused-ring (bicyclic) bond motifs is 1. The van der Waals surface area contributed by atoms with Crippen LogP contribution in [0.1, 0.15) is 47.6 Å². The first-order valence-electron chi connectivity index (χ1n) is 11.0. The Morgan fingerprint density at radius 1 is 1.10 bits per heavy atom. The fraction of sp³-hybridized carbons (Fsp3) is 0.500. The van der Waals surface area contributed by atoms with Gasteiger partial charge in [-0.15, -0.1) is 0 Å². The van der Waals surface area contributed by atoms with E-state index in [1.807, 2.05) is 43.3 Å². The SMILES string of the molecule is Cc1cccc(C2(O)CCN(C[C@H](O)c3ccc4c(c3)CCCN4S(C)(=O)=O)CC2)c1. The van der Waals surface area contributed by atoms with Gasteiger partial charge in [0, 0.05) is 26.2 Å². The molecular weight excluding hydrogens is 412 g/mol. The second-order valence-corrected chi connectivity index (χ2v) is 11.0. The van der Waals surface area contributed by atoms with Gasteiger partial charge in [0.05, 0.1) is 23.6 Å². The summed E-state index contributed by atoms with van der Waals surface area (Å²) in [5, 5.41) is 22.0. The molecule has 7 heteroatoms. The summed E-state index contributed by atoms with van der Waals surface area (Å²) in [5.74, 6) is 0. The maximum Gasteiger partial charge on any atom is 0.232 e. The third-order valence-electron chi connectivity index (χ3n) is 6.63. The molecule has 0 radical (unpaired) electrons. The van der Waals surface area contributed by atoms with Crippen molar-refractivity contribution in [2.24, 2.45) is 0 Å². The Morgan fingerprint density at radius 2 is 1.84 bits per heavy atom. The van der Waals surface area contributed by atoms with E-state index >= 15 is 0 Å². The highest BCUT2D eigenvalue weighted by Gasteiger charge is 2.34. The topological polar surface area (TPSA) is 81.1 Å². The first-order chi connectivity index (χ1) is 14.7.